The van der Waals surface area contributed by atoms with Crippen LogP contribution in [0.4, 0.5) is 5.69 Å². The number of carbonyl (C=O) groups excluding carboxylic acids is 2. The van der Waals surface area contributed by atoms with Gasteiger partial charge in [-0.15, -0.1) is 0 Å². The van der Waals surface area contributed by atoms with Gasteiger partial charge < -0.3 is 21.3 Å². The van der Waals surface area contributed by atoms with Crippen LogP contribution in [0.5, 0.6) is 0 Å². The summed E-state index contributed by atoms with van der Waals surface area (Å²) in [5.74, 6) is -0.0905. The van der Waals surface area contributed by atoms with Crippen molar-refractivity contribution in [2.45, 2.75) is 76.5 Å². The third kappa shape index (κ3) is 4.26. The standard InChI is InChI=1S/C21H32N4O2/c1-14(2)23-19(26)18-12-16(22)13-25(18)20(27)21(10-4-5-11-21)24-17-8-6-15(3)7-9-17/h6-9,14,16,18,24H,4-5,10-13,22H2,1-3H3,(H,23,26)/t16-,18-/m0/s1. The van der Waals surface area contributed by atoms with E-state index in [-0.39, 0.29) is 23.9 Å². The van der Waals surface area contributed by atoms with E-state index in [0.29, 0.717) is 13.0 Å². The van der Waals surface area contributed by atoms with Crippen LogP contribution in [-0.4, -0.2) is 46.9 Å². The molecule has 148 valence electrons. The van der Waals surface area contributed by atoms with Gasteiger partial charge in [-0.2, -0.15) is 0 Å². The Morgan fingerprint density at radius 1 is 1.19 bits per heavy atom. The van der Waals surface area contributed by atoms with Crippen molar-refractivity contribution in [2.75, 3.05) is 11.9 Å². The van der Waals surface area contributed by atoms with Crippen LogP contribution in [-0.2, 0) is 9.59 Å². The Labute approximate surface area is 161 Å². The molecule has 1 aliphatic carbocycles. The molecule has 1 aliphatic heterocycles. The molecule has 6 heteroatoms. The molecule has 2 fully saturated rings. The quantitative estimate of drug-likeness (QED) is 0.739. The van der Waals surface area contributed by atoms with Gasteiger partial charge in [0.15, 0.2) is 0 Å². The number of nitrogens with zero attached hydrogens (tertiary/aromatic N) is 1. The highest BCUT2D eigenvalue weighted by atomic mass is 16.2. The Morgan fingerprint density at radius 2 is 1.81 bits per heavy atom. The first-order valence-corrected chi connectivity index (χ1v) is 10.0. The monoisotopic (exact) mass is 372 g/mol. The molecule has 1 saturated carbocycles. The Morgan fingerprint density at radius 3 is 2.41 bits per heavy atom. The van der Waals surface area contributed by atoms with Gasteiger partial charge in [-0.05, 0) is 52.2 Å². The Bertz CT molecular complexity index is 680. The van der Waals surface area contributed by atoms with Gasteiger partial charge in [-0.25, -0.2) is 0 Å². The first-order chi connectivity index (χ1) is 12.8. The summed E-state index contributed by atoms with van der Waals surface area (Å²) >= 11 is 0. The van der Waals surface area contributed by atoms with Crippen molar-refractivity contribution in [3.05, 3.63) is 29.8 Å². The van der Waals surface area contributed by atoms with Crippen molar-refractivity contribution in [1.82, 2.24) is 10.2 Å². The van der Waals surface area contributed by atoms with Crippen LogP contribution in [0.1, 0.15) is 51.5 Å². The van der Waals surface area contributed by atoms with E-state index in [2.05, 4.69) is 10.6 Å². The molecule has 1 heterocycles. The molecular weight excluding hydrogens is 340 g/mol. The summed E-state index contributed by atoms with van der Waals surface area (Å²) in [4.78, 5) is 28.0. The van der Waals surface area contributed by atoms with E-state index in [1.807, 2.05) is 45.0 Å². The molecule has 6 nitrogen and oxygen atoms in total. The lowest BCUT2D eigenvalue weighted by molar-refractivity contribution is -0.142. The topological polar surface area (TPSA) is 87.5 Å². The fourth-order valence-electron chi connectivity index (χ4n) is 4.28. The summed E-state index contributed by atoms with van der Waals surface area (Å²) in [7, 11) is 0. The minimum atomic E-state index is -0.643. The molecule has 4 N–H and O–H groups in total. The molecular formula is C21H32N4O2. The lowest BCUT2D eigenvalue weighted by Crippen LogP contribution is -2.57. The molecule has 0 unspecified atom stereocenters. The number of hydrogen-bond acceptors (Lipinski definition) is 4. The molecule has 0 aromatic heterocycles. The third-order valence-electron chi connectivity index (χ3n) is 5.63. The number of hydrogen-bond donors (Lipinski definition) is 3. The van der Waals surface area contributed by atoms with Crippen molar-refractivity contribution in [3.8, 4) is 0 Å². The number of aryl methyl sites for hydroxylation is 1. The van der Waals surface area contributed by atoms with Crippen LogP contribution >= 0.6 is 0 Å². The molecule has 0 radical (unpaired) electrons. The van der Waals surface area contributed by atoms with Crippen LogP contribution < -0.4 is 16.4 Å². The lowest BCUT2D eigenvalue weighted by atomic mass is 9.94. The summed E-state index contributed by atoms with van der Waals surface area (Å²) in [5, 5.41) is 6.45. The van der Waals surface area contributed by atoms with Gasteiger partial charge in [0.1, 0.15) is 11.6 Å². The number of anilines is 1. The SMILES string of the molecule is Cc1ccc(NC2(C(=O)N3C[C@@H](N)C[C@H]3C(=O)NC(C)C)CCCC2)cc1. The number of nitrogens with two attached hydrogens (primary N) is 1. The predicted octanol–water partition coefficient (Wildman–Crippen LogP) is 2.17. The second-order valence-corrected chi connectivity index (χ2v) is 8.41. The normalized spacial score (nSPS) is 24.3. The number of rotatable bonds is 5. The van der Waals surface area contributed by atoms with E-state index < -0.39 is 11.6 Å². The molecule has 2 amide bonds. The summed E-state index contributed by atoms with van der Waals surface area (Å²) < 4.78 is 0. The molecule has 27 heavy (non-hydrogen) atoms. The maximum absolute atomic E-state index is 13.6. The number of nitrogens with one attached hydrogen (secondary N) is 2. The van der Waals surface area contributed by atoms with E-state index in [9.17, 15) is 9.59 Å². The number of benzene rings is 1. The minimum absolute atomic E-state index is 0.0115. The Hall–Kier alpha value is -2.08. The number of amides is 2. The van der Waals surface area contributed by atoms with Crippen molar-refractivity contribution in [2.24, 2.45) is 5.73 Å². The van der Waals surface area contributed by atoms with Crippen molar-refractivity contribution < 1.29 is 9.59 Å². The zero-order valence-electron chi connectivity index (χ0n) is 16.6. The molecule has 2 aliphatic rings. The second-order valence-electron chi connectivity index (χ2n) is 8.41. The van der Waals surface area contributed by atoms with Gasteiger partial charge in [0.2, 0.25) is 11.8 Å². The van der Waals surface area contributed by atoms with Gasteiger partial charge in [0.05, 0.1) is 0 Å². The van der Waals surface area contributed by atoms with E-state index in [1.165, 1.54) is 5.56 Å². The fourth-order valence-corrected chi connectivity index (χ4v) is 4.28. The molecule has 1 aromatic rings. The summed E-state index contributed by atoms with van der Waals surface area (Å²) in [6.07, 6.45) is 4.10. The summed E-state index contributed by atoms with van der Waals surface area (Å²) in [6.45, 7) is 6.34. The van der Waals surface area contributed by atoms with Gasteiger partial charge >= 0.3 is 0 Å². The first kappa shape index (κ1) is 19.7. The Kier molecular flexibility index (Phi) is 5.75. The molecule has 0 bridgehead atoms. The predicted molar refractivity (Wildman–Crippen MR) is 107 cm³/mol. The average Bonchev–Trinajstić information content (AvgIpc) is 3.23. The van der Waals surface area contributed by atoms with Crippen LogP contribution in [0.25, 0.3) is 0 Å². The number of likely N-dealkylation sites (tertiary alicyclic amines) is 1. The maximum atomic E-state index is 13.6. The van der Waals surface area contributed by atoms with Crippen LogP contribution in [0.3, 0.4) is 0 Å². The van der Waals surface area contributed by atoms with Crippen LogP contribution in [0.2, 0.25) is 0 Å². The van der Waals surface area contributed by atoms with E-state index in [1.54, 1.807) is 4.90 Å². The smallest absolute Gasteiger partial charge is 0.248 e. The molecule has 1 aromatic carbocycles. The van der Waals surface area contributed by atoms with E-state index in [0.717, 1.165) is 31.4 Å². The highest BCUT2D eigenvalue weighted by Gasteiger charge is 2.48. The third-order valence-corrected chi connectivity index (χ3v) is 5.63. The fraction of sp³-hybridized carbons (Fsp3) is 0.619. The van der Waals surface area contributed by atoms with E-state index in [4.69, 9.17) is 5.73 Å². The molecule has 0 spiro atoms. The van der Waals surface area contributed by atoms with Gasteiger partial charge in [-0.1, -0.05) is 30.5 Å². The largest absolute Gasteiger partial charge is 0.371 e. The Balaban J connectivity index is 1.82. The van der Waals surface area contributed by atoms with Crippen molar-refractivity contribution >= 4 is 17.5 Å². The van der Waals surface area contributed by atoms with Gasteiger partial charge in [-0.3, -0.25) is 9.59 Å². The van der Waals surface area contributed by atoms with Gasteiger partial charge in [0, 0.05) is 24.3 Å². The highest BCUT2D eigenvalue weighted by Crippen LogP contribution is 2.36. The molecule has 2 atom stereocenters. The zero-order chi connectivity index (χ0) is 19.6. The van der Waals surface area contributed by atoms with Crippen LogP contribution in [0.15, 0.2) is 24.3 Å². The van der Waals surface area contributed by atoms with Crippen LogP contribution in [0, 0.1) is 6.92 Å². The van der Waals surface area contributed by atoms with Gasteiger partial charge in [0.25, 0.3) is 0 Å². The second kappa shape index (κ2) is 7.89. The summed E-state index contributed by atoms with van der Waals surface area (Å²) in [6, 6.07) is 7.52. The number of carbonyl (C=O) groups is 2. The van der Waals surface area contributed by atoms with Crippen molar-refractivity contribution in [3.63, 3.8) is 0 Å². The zero-order valence-corrected chi connectivity index (χ0v) is 16.6. The first-order valence-electron chi connectivity index (χ1n) is 10.0. The minimum Gasteiger partial charge on any atom is -0.371 e. The summed E-state index contributed by atoms with van der Waals surface area (Å²) in [5.41, 5.74) is 7.63. The van der Waals surface area contributed by atoms with E-state index >= 15 is 0 Å². The molecule has 3 rings (SSSR count). The lowest BCUT2D eigenvalue weighted by Gasteiger charge is -2.36. The maximum Gasteiger partial charge on any atom is 0.248 e. The molecule has 1 saturated heterocycles. The highest BCUT2D eigenvalue weighted by molar-refractivity contribution is 5.95. The van der Waals surface area contributed by atoms with Crippen molar-refractivity contribution in [1.29, 1.82) is 0 Å². The average molecular weight is 373 g/mol.